The zero-order valence-electron chi connectivity index (χ0n) is 10.5. The van der Waals surface area contributed by atoms with E-state index in [-0.39, 0.29) is 28.5 Å². The van der Waals surface area contributed by atoms with E-state index in [4.69, 9.17) is 46.4 Å². The first-order chi connectivity index (χ1) is 10.9. The Bertz CT molecular complexity index is 539. The minimum Gasteiger partial charge on any atom is -0.202 e. The summed E-state index contributed by atoms with van der Waals surface area (Å²) in [5.74, 6) is -4.43. The summed E-state index contributed by atoms with van der Waals surface area (Å²) in [7, 11) is 0. The number of hydrogen-bond acceptors (Lipinski definition) is 0. The first-order valence-corrected chi connectivity index (χ1v) is 9.95. The highest BCUT2D eigenvalue weighted by Gasteiger charge is 2.20. The second-order valence-electron chi connectivity index (χ2n) is 3.77. The molecule has 0 spiro atoms. The molecule has 0 aromatic heterocycles. The van der Waals surface area contributed by atoms with E-state index >= 15 is 0 Å². The monoisotopic (exact) mass is 676 g/mol. The summed E-state index contributed by atoms with van der Waals surface area (Å²) in [5, 5.41) is -1.13. The Morgan fingerprint density at radius 1 is 0.417 bits per heavy atom. The van der Waals surface area contributed by atoms with Gasteiger partial charge in [-0.15, -0.1) is 0 Å². The molecule has 132 valence electrons. The Morgan fingerprint density at radius 3 is 1.33 bits per heavy atom. The third-order valence-corrected chi connectivity index (χ3v) is 8.57. The van der Waals surface area contributed by atoms with Gasteiger partial charge in [-0.25, -0.2) is 17.6 Å². The summed E-state index contributed by atoms with van der Waals surface area (Å²) in [4.78, 5) is 0. The Hall–Kier alpha value is 1.24. The van der Waals surface area contributed by atoms with E-state index in [9.17, 15) is 17.6 Å². The van der Waals surface area contributed by atoms with Crippen molar-refractivity contribution in [2.75, 3.05) is 0 Å². The topological polar surface area (TPSA) is 0 Å². The fraction of sp³-hybridized carbons (Fsp3) is 0. The van der Waals surface area contributed by atoms with Crippen LogP contribution in [0.15, 0.2) is 17.9 Å². The van der Waals surface area contributed by atoms with E-state index in [1.165, 1.54) is 0 Å². The highest BCUT2D eigenvalue weighted by Crippen LogP contribution is 2.40. The molecule has 0 heterocycles. The molecule has 0 saturated heterocycles. The van der Waals surface area contributed by atoms with Gasteiger partial charge in [0, 0.05) is 0 Å². The van der Waals surface area contributed by atoms with Crippen molar-refractivity contribution >= 4 is 110 Å². The molecule has 0 fully saturated rings. The summed E-state index contributed by atoms with van der Waals surface area (Å²) in [6, 6.07) is 0. The maximum absolute atomic E-state index is 12.9. The smallest absolute Gasteiger partial charge is 0.180 e. The molecule has 0 N–H and O–H groups in total. The summed E-state index contributed by atoms with van der Waals surface area (Å²) in [5.41, 5.74) is 0. The summed E-state index contributed by atoms with van der Waals surface area (Å²) >= 11 is 33.3. The van der Waals surface area contributed by atoms with Gasteiger partial charge in [0.1, 0.15) is 0 Å². The lowest BCUT2D eigenvalue weighted by Gasteiger charge is -2.04. The van der Waals surface area contributed by atoms with Crippen LogP contribution in [0, 0.1) is 23.3 Å². The van der Waals surface area contributed by atoms with Crippen LogP contribution in [0.4, 0.5) is 17.6 Å². The van der Waals surface area contributed by atoms with Gasteiger partial charge in [0.2, 0.25) is 0 Å². The van der Waals surface area contributed by atoms with Gasteiger partial charge < -0.3 is 0 Å². The lowest BCUT2D eigenvalue weighted by molar-refractivity contribution is 0.503. The summed E-state index contributed by atoms with van der Waals surface area (Å²) in [6.45, 7) is 0. The number of hydrogen-bond donors (Lipinski definition) is 0. The van der Waals surface area contributed by atoms with Gasteiger partial charge in [-0.1, -0.05) is 46.4 Å². The first-order valence-electron chi connectivity index (χ1n) is 5.27. The minimum atomic E-state index is -1.21. The standard InChI is InChI=1S/C6Br3ClF2.C6BrCl3F2/c7-1-2(8)4(10)6(12)5(11)3(1)9;7-1-2(8)3(9)4(10)6(12)5(1)11. The van der Waals surface area contributed by atoms with Crippen LogP contribution < -0.4 is 0 Å². The first kappa shape index (κ1) is 23.3. The lowest BCUT2D eigenvalue weighted by Crippen LogP contribution is -1.90. The van der Waals surface area contributed by atoms with Crippen molar-refractivity contribution in [1.29, 1.82) is 0 Å². The second-order valence-corrected chi connectivity index (χ2v) is 8.45. The summed E-state index contributed by atoms with van der Waals surface area (Å²) < 4.78 is 51.7. The third-order valence-electron chi connectivity index (χ3n) is 2.31. The van der Waals surface area contributed by atoms with Gasteiger partial charge in [0.15, 0.2) is 23.3 Å². The fourth-order valence-electron chi connectivity index (χ4n) is 1.16. The maximum atomic E-state index is 12.9. The Morgan fingerprint density at radius 2 is 0.833 bits per heavy atom. The van der Waals surface area contributed by atoms with Gasteiger partial charge in [-0.3, -0.25) is 0 Å². The molecule has 0 unspecified atom stereocenters. The van der Waals surface area contributed by atoms with Crippen molar-refractivity contribution in [3.8, 4) is 0 Å². The fourth-order valence-corrected chi connectivity index (χ4v) is 3.90. The van der Waals surface area contributed by atoms with E-state index in [0.717, 1.165) is 0 Å². The average molecular weight is 682 g/mol. The largest absolute Gasteiger partial charge is 0.202 e. The Kier molecular flexibility index (Phi) is 9.16. The Labute approximate surface area is 187 Å². The Balaban J connectivity index is 0.000000240. The van der Waals surface area contributed by atoms with Crippen LogP contribution in [0.25, 0.3) is 0 Å². The predicted octanol–water partition coefficient (Wildman–Crippen LogP) is 9.59. The predicted molar refractivity (Wildman–Crippen MR) is 104 cm³/mol. The van der Waals surface area contributed by atoms with Crippen LogP contribution in [0.1, 0.15) is 0 Å². The molecular weight excluding hydrogens is 682 g/mol. The third kappa shape index (κ3) is 4.74. The quantitative estimate of drug-likeness (QED) is 0.148. The van der Waals surface area contributed by atoms with Crippen molar-refractivity contribution < 1.29 is 17.6 Å². The highest BCUT2D eigenvalue weighted by molar-refractivity contribution is 9.14. The normalized spacial score (nSPS) is 10.5. The molecule has 0 aliphatic rings. The zero-order chi connectivity index (χ0) is 18.9. The van der Waals surface area contributed by atoms with Gasteiger partial charge in [-0.2, -0.15) is 0 Å². The van der Waals surface area contributed by atoms with E-state index in [1.807, 2.05) is 0 Å². The number of rotatable bonds is 0. The minimum absolute atomic E-state index is 0.0104. The van der Waals surface area contributed by atoms with Crippen molar-refractivity contribution in [3.05, 3.63) is 61.3 Å². The van der Waals surface area contributed by atoms with Crippen LogP contribution in [0.5, 0.6) is 0 Å². The van der Waals surface area contributed by atoms with Gasteiger partial charge >= 0.3 is 0 Å². The van der Waals surface area contributed by atoms with Gasteiger partial charge in [0.25, 0.3) is 0 Å². The van der Waals surface area contributed by atoms with Crippen molar-refractivity contribution in [3.63, 3.8) is 0 Å². The van der Waals surface area contributed by atoms with E-state index < -0.39 is 28.3 Å². The van der Waals surface area contributed by atoms with E-state index in [1.54, 1.807) is 0 Å². The number of benzene rings is 2. The summed E-state index contributed by atoms with van der Waals surface area (Å²) in [6.07, 6.45) is 0. The van der Waals surface area contributed by atoms with Gasteiger partial charge in [-0.05, 0) is 63.7 Å². The van der Waals surface area contributed by atoms with Crippen molar-refractivity contribution in [2.24, 2.45) is 0 Å². The van der Waals surface area contributed by atoms with Crippen LogP contribution in [-0.4, -0.2) is 0 Å². The van der Waals surface area contributed by atoms with Gasteiger partial charge in [0.05, 0.1) is 38.0 Å². The molecular formula is C12Br4Cl4F4. The molecule has 0 aliphatic heterocycles. The van der Waals surface area contributed by atoms with Crippen molar-refractivity contribution in [1.82, 2.24) is 0 Å². The molecule has 0 bridgehead atoms. The molecule has 0 atom stereocenters. The van der Waals surface area contributed by atoms with Crippen LogP contribution in [-0.2, 0) is 0 Å². The molecule has 0 saturated carbocycles. The molecule has 0 amide bonds. The molecule has 0 aliphatic carbocycles. The van der Waals surface area contributed by atoms with E-state index in [2.05, 4.69) is 63.7 Å². The average Bonchev–Trinajstić information content (AvgIpc) is 2.58. The zero-order valence-corrected chi connectivity index (χ0v) is 19.9. The molecule has 2 rings (SSSR count). The highest BCUT2D eigenvalue weighted by atomic mass is 79.9. The molecule has 2 aromatic rings. The molecule has 2 aromatic carbocycles. The molecule has 12 heteroatoms. The van der Waals surface area contributed by atoms with Crippen LogP contribution in [0.2, 0.25) is 20.1 Å². The molecule has 0 nitrogen and oxygen atoms in total. The maximum Gasteiger partial charge on any atom is 0.180 e. The SMILES string of the molecule is Fc1c(F)c(Br)c(Br)c(Br)c1Cl.Fc1c(F)c(Br)c(Cl)c(Cl)c1Cl. The molecule has 0 radical (unpaired) electrons. The number of halogens is 12. The van der Waals surface area contributed by atoms with Crippen LogP contribution in [0.3, 0.4) is 0 Å². The molecule has 24 heavy (non-hydrogen) atoms. The van der Waals surface area contributed by atoms with Crippen molar-refractivity contribution in [2.45, 2.75) is 0 Å². The van der Waals surface area contributed by atoms with E-state index in [0.29, 0.717) is 4.47 Å². The second kappa shape index (κ2) is 9.44. The van der Waals surface area contributed by atoms with Crippen LogP contribution >= 0.6 is 110 Å². The lowest BCUT2D eigenvalue weighted by atomic mass is 10.3.